The van der Waals surface area contributed by atoms with E-state index in [2.05, 4.69) is 15.5 Å². The molecule has 0 spiro atoms. The second-order valence-corrected chi connectivity index (χ2v) is 6.58. The molecule has 1 aromatic heterocycles. The van der Waals surface area contributed by atoms with Crippen molar-refractivity contribution in [3.05, 3.63) is 76.4 Å². The maximum absolute atomic E-state index is 12.6. The van der Waals surface area contributed by atoms with E-state index in [9.17, 15) is 4.79 Å². The Morgan fingerprint density at radius 3 is 2.80 bits per heavy atom. The number of rotatable bonds is 4. The van der Waals surface area contributed by atoms with E-state index in [1.54, 1.807) is 18.3 Å². The monoisotopic (exact) mass is 349 g/mol. The molecule has 0 aliphatic heterocycles. The summed E-state index contributed by atoms with van der Waals surface area (Å²) in [6.07, 6.45) is 3.85. The number of fused-ring (bicyclic) bond motifs is 1. The van der Waals surface area contributed by atoms with E-state index in [-0.39, 0.29) is 5.91 Å². The topological polar surface area (TPSA) is 54.4 Å². The van der Waals surface area contributed by atoms with Crippen LogP contribution in [0.5, 0.6) is 0 Å². The van der Waals surface area contributed by atoms with E-state index in [1.807, 2.05) is 42.5 Å². The van der Waals surface area contributed by atoms with Crippen molar-refractivity contribution in [2.45, 2.75) is 18.8 Å². The number of pyridine rings is 1. The van der Waals surface area contributed by atoms with Gasteiger partial charge < -0.3 is 0 Å². The Balaban J connectivity index is 1.61. The summed E-state index contributed by atoms with van der Waals surface area (Å²) in [7, 11) is 0. The molecule has 1 amide bonds. The zero-order valence-electron chi connectivity index (χ0n) is 13.4. The van der Waals surface area contributed by atoms with Crippen LogP contribution >= 0.6 is 11.6 Å². The second-order valence-electron chi connectivity index (χ2n) is 6.14. The number of halogens is 1. The predicted molar refractivity (Wildman–Crippen MR) is 100 cm³/mol. The molecule has 0 saturated heterocycles. The number of nitrogens with zero attached hydrogens (tertiary/aromatic N) is 2. The van der Waals surface area contributed by atoms with Crippen LogP contribution in [0.1, 0.15) is 40.4 Å². The molecular formula is C20H16ClN3O. The average Bonchev–Trinajstić information content (AvgIpc) is 3.46. The van der Waals surface area contributed by atoms with Crippen molar-refractivity contribution in [2.75, 3.05) is 0 Å². The van der Waals surface area contributed by atoms with Gasteiger partial charge in [-0.3, -0.25) is 9.78 Å². The van der Waals surface area contributed by atoms with Gasteiger partial charge in [0.1, 0.15) is 0 Å². The predicted octanol–water partition coefficient (Wildman–Crippen LogP) is 4.53. The Kier molecular flexibility index (Phi) is 4.20. The number of para-hydroxylation sites is 1. The van der Waals surface area contributed by atoms with Gasteiger partial charge in [-0.2, -0.15) is 5.10 Å². The molecule has 3 aromatic rings. The summed E-state index contributed by atoms with van der Waals surface area (Å²) < 4.78 is 0. The number of benzene rings is 2. The lowest BCUT2D eigenvalue weighted by molar-refractivity contribution is 0.0956. The highest BCUT2D eigenvalue weighted by Crippen LogP contribution is 2.40. The normalized spacial score (nSPS) is 14.1. The summed E-state index contributed by atoms with van der Waals surface area (Å²) in [5.74, 6) is 0.241. The molecule has 1 saturated carbocycles. The Bertz CT molecular complexity index is 980. The molecule has 0 atom stereocenters. The minimum atomic E-state index is -0.237. The zero-order chi connectivity index (χ0) is 17.2. The molecule has 1 N–H and O–H groups in total. The summed E-state index contributed by atoms with van der Waals surface area (Å²) in [6, 6.07) is 16.9. The number of aromatic nitrogens is 1. The zero-order valence-corrected chi connectivity index (χ0v) is 14.2. The van der Waals surface area contributed by atoms with Crippen molar-refractivity contribution in [1.82, 2.24) is 10.4 Å². The van der Waals surface area contributed by atoms with Gasteiger partial charge in [-0.15, -0.1) is 0 Å². The van der Waals surface area contributed by atoms with Crippen molar-refractivity contribution < 1.29 is 4.79 Å². The summed E-state index contributed by atoms with van der Waals surface area (Å²) >= 11 is 5.94. The van der Waals surface area contributed by atoms with E-state index >= 15 is 0 Å². The van der Waals surface area contributed by atoms with Crippen LogP contribution in [0.3, 0.4) is 0 Å². The maximum atomic E-state index is 12.6. The molecule has 4 rings (SSSR count). The molecule has 124 valence electrons. The molecule has 5 heteroatoms. The van der Waals surface area contributed by atoms with Crippen LogP contribution in [-0.4, -0.2) is 17.1 Å². The average molecular weight is 350 g/mol. The molecule has 0 unspecified atom stereocenters. The number of amides is 1. The number of hydrazone groups is 1. The minimum Gasteiger partial charge on any atom is -0.267 e. The van der Waals surface area contributed by atoms with E-state index in [4.69, 9.17) is 11.6 Å². The van der Waals surface area contributed by atoms with Gasteiger partial charge in [0.15, 0.2) is 0 Å². The van der Waals surface area contributed by atoms with Gasteiger partial charge in [-0.1, -0.05) is 41.9 Å². The van der Waals surface area contributed by atoms with E-state index < -0.39 is 0 Å². The molecule has 25 heavy (non-hydrogen) atoms. The van der Waals surface area contributed by atoms with Gasteiger partial charge in [0, 0.05) is 22.0 Å². The smallest absolute Gasteiger partial charge is 0.267 e. The lowest BCUT2D eigenvalue weighted by Crippen LogP contribution is -2.18. The van der Waals surface area contributed by atoms with Crippen LogP contribution in [0.2, 0.25) is 5.02 Å². The fourth-order valence-corrected chi connectivity index (χ4v) is 2.98. The first kappa shape index (κ1) is 15.8. The molecule has 1 heterocycles. The fraction of sp³-hybridized carbons (Fsp3) is 0.150. The molecule has 4 nitrogen and oxygen atoms in total. The number of hydrogen-bond donors (Lipinski definition) is 1. The molecule has 1 fully saturated rings. The molecule has 0 bridgehead atoms. The summed E-state index contributed by atoms with van der Waals surface area (Å²) in [4.78, 5) is 17.3. The highest BCUT2D eigenvalue weighted by Gasteiger charge is 2.26. The first-order chi connectivity index (χ1) is 12.2. The molecular weight excluding hydrogens is 334 g/mol. The molecule has 1 aliphatic carbocycles. The summed E-state index contributed by atoms with van der Waals surface area (Å²) in [6.45, 7) is 0. The second kappa shape index (κ2) is 6.65. The highest BCUT2D eigenvalue weighted by molar-refractivity contribution is 6.30. The van der Waals surface area contributed by atoms with Gasteiger partial charge in [-0.25, -0.2) is 5.43 Å². The van der Waals surface area contributed by atoms with Crippen LogP contribution in [0.15, 0.2) is 59.7 Å². The third-order valence-electron chi connectivity index (χ3n) is 4.20. The summed E-state index contributed by atoms with van der Waals surface area (Å²) in [5.41, 5.74) is 5.87. The van der Waals surface area contributed by atoms with Gasteiger partial charge >= 0.3 is 0 Å². The van der Waals surface area contributed by atoms with Crippen molar-refractivity contribution >= 4 is 34.6 Å². The largest absolute Gasteiger partial charge is 0.272 e. The fourth-order valence-electron chi connectivity index (χ4n) is 2.78. The van der Waals surface area contributed by atoms with Gasteiger partial charge in [0.2, 0.25) is 0 Å². The number of hydrogen-bond acceptors (Lipinski definition) is 3. The van der Waals surface area contributed by atoms with Crippen LogP contribution in [0.25, 0.3) is 10.9 Å². The molecule has 1 aliphatic rings. The van der Waals surface area contributed by atoms with Crippen LogP contribution in [0, 0.1) is 0 Å². The number of carbonyl (C=O) groups is 1. The first-order valence-electron chi connectivity index (χ1n) is 8.19. The van der Waals surface area contributed by atoms with E-state index in [0.29, 0.717) is 16.5 Å². The van der Waals surface area contributed by atoms with Gasteiger partial charge in [-0.05, 0) is 42.7 Å². The Hall–Kier alpha value is -2.72. The van der Waals surface area contributed by atoms with Gasteiger partial charge in [0.25, 0.3) is 5.91 Å². The Morgan fingerprint density at radius 1 is 1.16 bits per heavy atom. The first-order valence-corrected chi connectivity index (χ1v) is 8.57. The maximum Gasteiger partial charge on any atom is 0.272 e. The minimum absolute atomic E-state index is 0.237. The van der Waals surface area contributed by atoms with Crippen molar-refractivity contribution in [1.29, 1.82) is 0 Å². The Labute approximate surface area is 150 Å². The molecule has 2 aromatic carbocycles. The van der Waals surface area contributed by atoms with Crippen molar-refractivity contribution in [3.8, 4) is 0 Å². The standard InChI is InChI=1S/C20H16ClN3O/c21-15-5-3-4-13(10-15)12-22-24-20(25)17-11-19(14-8-9-14)23-18-7-2-1-6-16(17)18/h1-7,10-12,14H,8-9H2,(H,24,25). The molecule has 0 radical (unpaired) electrons. The Morgan fingerprint density at radius 2 is 2.00 bits per heavy atom. The third-order valence-corrected chi connectivity index (χ3v) is 4.44. The summed E-state index contributed by atoms with van der Waals surface area (Å²) in [5, 5.41) is 5.52. The lowest BCUT2D eigenvalue weighted by Gasteiger charge is -2.08. The van der Waals surface area contributed by atoms with Crippen LogP contribution in [-0.2, 0) is 0 Å². The highest BCUT2D eigenvalue weighted by atomic mass is 35.5. The van der Waals surface area contributed by atoms with E-state index in [1.165, 1.54) is 0 Å². The van der Waals surface area contributed by atoms with Crippen LogP contribution < -0.4 is 5.43 Å². The SMILES string of the molecule is O=C(NN=Cc1cccc(Cl)c1)c1cc(C2CC2)nc2ccccc12. The van der Waals surface area contributed by atoms with E-state index in [0.717, 1.165) is 35.0 Å². The number of nitrogens with one attached hydrogen (secondary N) is 1. The van der Waals surface area contributed by atoms with Crippen molar-refractivity contribution in [3.63, 3.8) is 0 Å². The lowest BCUT2D eigenvalue weighted by atomic mass is 10.1. The van der Waals surface area contributed by atoms with Gasteiger partial charge in [0.05, 0.1) is 17.3 Å². The van der Waals surface area contributed by atoms with Crippen LogP contribution in [0.4, 0.5) is 0 Å². The quantitative estimate of drug-likeness (QED) is 0.555. The third kappa shape index (κ3) is 3.54. The number of carbonyl (C=O) groups excluding carboxylic acids is 1. The van der Waals surface area contributed by atoms with Crippen molar-refractivity contribution in [2.24, 2.45) is 5.10 Å².